The molecule has 1 saturated heterocycles. The van der Waals surface area contributed by atoms with Gasteiger partial charge in [-0.25, -0.2) is 4.98 Å². The molecule has 3 rings (SSSR count). The van der Waals surface area contributed by atoms with Gasteiger partial charge < -0.3 is 16.0 Å². The largest absolute Gasteiger partial charge is 0.369 e. The van der Waals surface area contributed by atoms with E-state index in [0.717, 1.165) is 24.8 Å². The maximum atomic E-state index is 12.3. The number of aromatic nitrogens is 1. The van der Waals surface area contributed by atoms with Crippen molar-refractivity contribution in [2.45, 2.75) is 12.8 Å². The van der Waals surface area contributed by atoms with E-state index in [1.54, 1.807) is 12.1 Å². The SMILES string of the molecule is NC(=O)C1CCCN(CCNC(=O)c2ccc3cccc(Cl)c3n2)C1. The number of nitrogens with two attached hydrogens (primary N) is 1. The van der Waals surface area contributed by atoms with Crippen molar-refractivity contribution in [3.8, 4) is 0 Å². The minimum Gasteiger partial charge on any atom is -0.369 e. The van der Waals surface area contributed by atoms with Gasteiger partial charge in [0, 0.05) is 25.0 Å². The Morgan fingerprint density at radius 3 is 2.96 bits per heavy atom. The van der Waals surface area contributed by atoms with Crippen LogP contribution in [0, 0.1) is 5.92 Å². The monoisotopic (exact) mass is 360 g/mol. The van der Waals surface area contributed by atoms with Crippen LogP contribution in [-0.4, -0.2) is 47.9 Å². The van der Waals surface area contributed by atoms with Gasteiger partial charge in [0.2, 0.25) is 5.91 Å². The fourth-order valence-electron chi connectivity index (χ4n) is 3.15. The van der Waals surface area contributed by atoms with Gasteiger partial charge in [-0.2, -0.15) is 0 Å². The maximum Gasteiger partial charge on any atom is 0.269 e. The Balaban J connectivity index is 1.56. The first kappa shape index (κ1) is 17.6. The van der Waals surface area contributed by atoms with Crippen LogP contribution in [0.3, 0.4) is 0 Å². The van der Waals surface area contributed by atoms with Gasteiger partial charge in [0.15, 0.2) is 0 Å². The molecule has 2 aromatic rings. The number of amides is 2. The second-order valence-corrected chi connectivity index (χ2v) is 6.71. The second-order valence-electron chi connectivity index (χ2n) is 6.31. The van der Waals surface area contributed by atoms with Gasteiger partial charge in [0.25, 0.3) is 5.91 Å². The molecule has 0 bridgehead atoms. The third-order valence-corrected chi connectivity index (χ3v) is 4.83. The predicted molar refractivity (Wildman–Crippen MR) is 97.4 cm³/mol. The number of hydrogen-bond acceptors (Lipinski definition) is 4. The van der Waals surface area contributed by atoms with Crippen molar-refractivity contribution < 1.29 is 9.59 Å². The number of pyridine rings is 1. The van der Waals surface area contributed by atoms with Crippen molar-refractivity contribution in [2.24, 2.45) is 11.7 Å². The van der Waals surface area contributed by atoms with Gasteiger partial charge in [-0.05, 0) is 31.5 Å². The van der Waals surface area contributed by atoms with Crippen molar-refractivity contribution in [1.29, 1.82) is 0 Å². The van der Waals surface area contributed by atoms with Gasteiger partial charge in [0.1, 0.15) is 5.69 Å². The molecule has 1 aliphatic heterocycles. The molecule has 1 atom stereocenters. The molecule has 0 radical (unpaired) electrons. The Kier molecular flexibility index (Phi) is 5.50. The Morgan fingerprint density at radius 2 is 2.16 bits per heavy atom. The first-order valence-corrected chi connectivity index (χ1v) is 8.77. The Hall–Kier alpha value is -2.18. The lowest BCUT2D eigenvalue weighted by Gasteiger charge is -2.31. The molecule has 2 heterocycles. The number of nitrogens with zero attached hydrogens (tertiary/aromatic N) is 2. The highest BCUT2D eigenvalue weighted by atomic mass is 35.5. The van der Waals surface area contributed by atoms with Crippen LogP contribution in [0.4, 0.5) is 0 Å². The van der Waals surface area contributed by atoms with Crippen molar-refractivity contribution in [3.63, 3.8) is 0 Å². The fourth-order valence-corrected chi connectivity index (χ4v) is 3.37. The van der Waals surface area contributed by atoms with E-state index in [-0.39, 0.29) is 17.7 Å². The Morgan fingerprint density at radius 1 is 1.32 bits per heavy atom. The molecule has 0 saturated carbocycles. The zero-order valence-corrected chi connectivity index (χ0v) is 14.6. The quantitative estimate of drug-likeness (QED) is 0.851. The summed E-state index contributed by atoms with van der Waals surface area (Å²) in [6.45, 7) is 2.76. The van der Waals surface area contributed by atoms with Crippen LogP contribution >= 0.6 is 11.6 Å². The van der Waals surface area contributed by atoms with E-state index < -0.39 is 0 Å². The summed E-state index contributed by atoms with van der Waals surface area (Å²) >= 11 is 6.14. The van der Waals surface area contributed by atoms with Crippen molar-refractivity contribution in [2.75, 3.05) is 26.2 Å². The molecule has 2 amide bonds. The summed E-state index contributed by atoms with van der Waals surface area (Å²) in [5.41, 5.74) is 6.35. The lowest BCUT2D eigenvalue weighted by Crippen LogP contribution is -2.44. The van der Waals surface area contributed by atoms with Crippen LogP contribution in [0.2, 0.25) is 5.02 Å². The Labute approximate surface area is 151 Å². The molecule has 1 aliphatic rings. The molecule has 0 aliphatic carbocycles. The molecule has 132 valence electrons. The van der Waals surface area contributed by atoms with E-state index in [2.05, 4.69) is 15.2 Å². The average molecular weight is 361 g/mol. The lowest BCUT2D eigenvalue weighted by molar-refractivity contribution is -0.123. The highest BCUT2D eigenvalue weighted by Gasteiger charge is 2.23. The van der Waals surface area contributed by atoms with Crippen LogP contribution in [0.1, 0.15) is 23.3 Å². The maximum absolute atomic E-state index is 12.3. The zero-order chi connectivity index (χ0) is 17.8. The molecule has 1 unspecified atom stereocenters. The number of piperidine rings is 1. The fraction of sp³-hybridized carbons (Fsp3) is 0.389. The smallest absolute Gasteiger partial charge is 0.269 e. The summed E-state index contributed by atoms with van der Waals surface area (Å²) in [4.78, 5) is 30.1. The number of benzene rings is 1. The predicted octanol–water partition coefficient (Wildman–Crippen LogP) is 1.82. The van der Waals surface area contributed by atoms with Crippen LogP contribution in [0.15, 0.2) is 30.3 Å². The summed E-state index contributed by atoms with van der Waals surface area (Å²) in [5.74, 6) is -0.565. The second kappa shape index (κ2) is 7.80. The van der Waals surface area contributed by atoms with Crippen LogP contribution in [0.5, 0.6) is 0 Å². The minimum absolute atomic E-state index is 0.0891. The molecule has 1 fully saturated rings. The van der Waals surface area contributed by atoms with E-state index in [0.29, 0.717) is 35.9 Å². The van der Waals surface area contributed by atoms with Crippen LogP contribution in [-0.2, 0) is 4.79 Å². The van der Waals surface area contributed by atoms with E-state index in [4.69, 9.17) is 17.3 Å². The van der Waals surface area contributed by atoms with E-state index in [1.165, 1.54) is 0 Å². The standard InChI is InChI=1S/C18H21ClN4O2/c19-14-5-1-3-12-6-7-15(22-16(12)14)18(25)21-8-10-23-9-2-4-13(11-23)17(20)24/h1,3,5-7,13H,2,4,8-11H2,(H2,20,24)(H,21,25). The number of rotatable bonds is 5. The van der Waals surface area contributed by atoms with E-state index >= 15 is 0 Å². The van der Waals surface area contributed by atoms with Gasteiger partial charge in [-0.3, -0.25) is 9.59 Å². The molecule has 6 nitrogen and oxygen atoms in total. The van der Waals surface area contributed by atoms with Crippen molar-refractivity contribution >= 4 is 34.3 Å². The number of fused-ring (bicyclic) bond motifs is 1. The number of primary amides is 1. The van der Waals surface area contributed by atoms with Gasteiger partial charge in [-0.15, -0.1) is 0 Å². The van der Waals surface area contributed by atoms with Crippen molar-refractivity contribution in [3.05, 3.63) is 41.0 Å². The number of nitrogens with one attached hydrogen (secondary N) is 1. The first-order chi connectivity index (χ1) is 12.0. The summed E-state index contributed by atoms with van der Waals surface area (Å²) in [6, 6.07) is 9.04. The third-order valence-electron chi connectivity index (χ3n) is 4.53. The first-order valence-electron chi connectivity index (χ1n) is 8.40. The number of hydrogen-bond donors (Lipinski definition) is 2. The molecule has 7 heteroatoms. The number of likely N-dealkylation sites (tertiary alicyclic amines) is 1. The third kappa shape index (κ3) is 4.27. The summed E-state index contributed by atoms with van der Waals surface area (Å²) < 4.78 is 0. The number of para-hydroxylation sites is 1. The van der Waals surface area contributed by atoms with Crippen LogP contribution < -0.4 is 11.1 Å². The molecule has 1 aromatic heterocycles. The van der Waals surface area contributed by atoms with Crippen molar-refractivity contribution in [1.82, 2.24) is 15.2 Å². The van der Waals surface area contributed by atoms with E-state index in [1.807, 2.05) is 18.2 Å². The summed E-state index contributed by atoms with van der Waals surface area (Å²) in [6.07, 6.45) is 1.80. The normalized spacial score (nSPS) is 18.2. The number of halogens is 1. The minimum atomic E-state index is -0.244. The summed E-state index contributed by atoms with van der Waals surface area (Å²) in [7, 11) is 0. The highest BCUT2D eigenvalue weighted by Crippen LogP contribution is 2.21. The molecular weight excluding hydrogens is 340 g/mol. The Bertz CT molecular complexity index is 796. The van der Waals surface area contributed by atoms with Gasteiger partial charge in [0.05, 0.1) is 16.5 Å². The topological polar surface area (TPSA) is 88.3 Å². The van der Waals surface area contributed by atoms with E-state index in [9.17, 15) is 9.59 Å². The molecule has 3 N–H and O–H groups in total. The lowest BCUT2D eigenvalue weighted by atomic mass is 9.97. The molecule has 1 aromatic carbocycles. The molecular formula is C18H21ClN4O2. The molecule has 25 heavy (non-hydrogen) atoms. The zero-order valence-electron chi connectivity index (χ0n) is 13.9. The average Bonchev–Trinajstić information content (AvgIpc) is 2.62. The summed E-state index contributed by atoms with van der Waals surface area (Å²) in [5, 5.41) is 4.30. The van der Waals surface area contributed by atoms with Gasteiger partial charge >= 0.3 is 0 Å². The molecule has 0 spiro atoms. The number of carbonyl (C=O) groups excluding carboxylic acids is 2. The highest BCUT2D eigenvalue weighted by molar-refractivity contribution is 6.35. The van der Waals surface area contributed by atoms with Gasteiger partial charge in [-0.1, -0.05) is 29.8 Å². The van der Waals surface area contributed by atoms with Crippen LogP contribution in [0.25, 0.3) is 10.9 Å². The number of carbonyl (C=O) groups is 2.